The number of carbonyl (C=O) groups is 1. The first kappa shape index (κ1) is 18.1. The molecule has 1 aliphatic rings. The van der Waals surface area contributed by atoms with Gasteiger partial charge in [0.1, 0.15) is 0 Å². The molecular formula is C22H24ClN3O. The van der Waals surface area contributed by atoms with Crippen LogP contribution in [0.3, 0.4) is 0 Å². The molecule has 0 saturated carbocycles. The molecule has 5 heteroatoms. The zero-order valence-corrected chi connectivity index (χ0v) is 16.5. The average molecular weight is 382 g/mol. The van der Waals surface area contributed by atoms with Crippen LogP contribution in [0.2, 0.25) is 5.02 Å². The number of halogens is 1. The monoisotopic (exact) mass is 381 g/mol. The number of piperazine rings is 1. The summed E-state index contributed by atoms with van der Waals surface area (Å²) in [5.74, 6) is 0.0227. The summed E-state index contributed by atoms with van der Waals surface area (Å²) in [6.07, 6.45) is 1.86. The zero-order chi connectivity index (χ0) is 19.0. The molecule has 1 aromatic heterocycles. The lowest BCUT2D eigenvalue weighted by atomic mass is 10.0. The Morgan fingerprint density at radius 3 is 2.63 bits per heavy atom. The molecule has 0 unspecified atom stereocenters. The number of rotatable bonds is 3. The van der Waals surface area contributed by atoms with Gasteiger partial charge in [-0.3, -0.25) is 9.69 Å². The van der Waals surface area contributed by atoms with E-state index < -0.39 is 0 Å². The number of nitrogens with one attached hydrogen (secondary N) is 1. The first-order valence-electron chi connectivity index (χ1n) is 9.35. The Morgan fingerprint density at radius 2 is 1.85 bits per heavy atom. The number of aryl methyl sites for hydroxylation is 2. The van der Waals surface area contributed by atoms with Gasteiger partial charge in [0.15, 0.2) is 0 Å². The average Bonchev–Trinajstić information content (AvgIpc) is 3.11. The largest absolute Gasteiger partial charge is 0.361 e. The van der Waals surface area contributed by atoms with Crippen LogP contribution in [0.5, 0.6) is 0 Å². The van der Waals surface area contributed by atoms with Crippen LogP contribution in [0.25, 0.3) is 10.9 Å². The summed E-state index contributed by atoms with van der Waals surface area (Å²) in [6, 6.07) is 12.3. The Labute approximate surface area is 164 Å². The van der Waals surface area contributed by atoms with Gasteiger partial charge in [0.25, 0.3) is 5.91 Å². The molecule has 4 rings (SSSR count). The Morgan fingerprint density at radius 1 is 1.07 bits per heavy atom. The highest BCUT2D eigenvalue weighted by Crippen LogP contribution is 2.25. The van der Waals surface area contributed by atoms with Gasteiger partial charge in [0, 0.05) is 49.8 Å². The molecule has 0 bridgehead atoms. The van der Waals surface area contributed by atoms with E-state index in [2.05, 4.69) is 41.9 Å². The highest BCUT2D eigenvalue weighted by Gasteiger charge is 2.24. The van der Waals surface area contributed by atoms with Crippen LogP contribution in [0.1, 0.15) is 27.0 Å². The number of aromatic amines is 1. The number of fused-ring (bicyclic) bond motifs is 1. The SMILES string of the molecule is Cc1ccc(C)c(CN2CCN(C(=O)c3cc4cc[nH]c4cc3Cl)CC2)c1. The first-order chi connectivity index (χ1) is 13.0. The fourth-order valence-electron chi connectivity index (χ4n) is 3.73. The van der Waals surface area contributed by atoms with Gasteiger partial charge in [-0.05, 0) is 43.2 Å². The van der Waals surface area contributed by atoms with Crippen molar-refractivity contribution in [3.05, 3.63) is 69.9 Å². The maximum absolute atomic E-state index is 13.0. The number of H-pyrrole nitrogens is 1. The molecule has 140 valence electrons. The fraction of sp³-hybridized carbons (Fsp3) is 0.318. The number of hydrogen-bond acceptors (Lipinski definition) is 2. The molecular weight excluding hydrogens is 358 g/mol. The minimum Gasteiger partial charge on any atom is -0.361 e. The van der Waals surface area contributed by atoms with Crippen LogP contribution in [0.15, 0.2) is 42.6 Å². The maximum atomic E-state index is 13.0. The molecule has 1 amide bonds. The van der Waals surface area contributed by atoms with E-state index in [4.69, 9.17) is 11.6 Å². The van der Waals surface area contributed by atoms with Crippen LogP contribution < -0.4 is 0 Å². The van der Waals surface area contributed by atoms with E-state index in [-0.39, 0.29) is 5.91 Å². The van der Waals surface area contributed by atoms with E-state index in [0.29, 0.717) is 10.6 Å². The van der Waals surface area contributed by atoms with Crippen molar-refractivity contribution in [3.8, 4) is 0 Å². The Bertz CT molecular complexity index is 986. The van der Waals surface area contributed by atoms with Crippen LogP contribution in [-0.2, 0) is 6.54 Å². The predicted octanol–water partition coefficient (Wildman–Crippen LogP) is 4.40. The number of nitrogens with zero attached hydrogens (tertiary/aromatic N) is 2. The summed E-state index contributed by atoms with van der Waals surface area (Å²) >= 11 is 6.36. The van der Waals surface area contributed by atoms with Gasteiger partial charge in [-0.2, -0.15) is 0 Å². The van der Waals surface area contributed by atoms with Crippen LogP contribution >= 0.6 is 11.6 Å². The van der Waals surface area contributed by atoms with E-state index in [9.17, 15) is 4.79 Å². The van der Waals surface area contributed by atoms with E-state index in [1.165, 1.54) is 16.7 Å². The third-order valence-corrected chi connectivity index (χ3v) is 5.74. The van der Waals surface area contributed by atoms with E-state index in [1.54, 1.807) is 0 Å². The van der Waals surface area contributed by atoms with Gasteiger partial charge in [-0.25, -0.2) is 0 Å². The summed E-state index contributed by atoms with van der Waals surface area (Å²) < 4.78 is 0. The molecule has 1 fully saturated rings. The number of amides is 1. The first-order valence-corrected chi connectivity index (χ1v) is 9.73. The van der Waals surface area contributed by atoms with Crippen molar-refractivity contribution in [2.24, 2.45) is 0 Å². The molecule has 1 N–H and O–H groups in total. The maximum Gasteiger partial charge on any atom is 0.255 e. The summed E-state index contributed by atoms with van der Waals surface area (Å²) in [6.45, 7) is 8.44. The fourth-order valence-corrected chi connectivity index (χ4v) is 3.97. The van der Waals surface area contributed by atoms with Gasteiger partial charge in [-0.15, -0.1) is 0 Å². The summed E-state index contributed by atoms with van der Waals surface area (Å²) in [4.78, 5) is 20.4. The van der Waals surface area contributed by atoms with Crippen molar-refractivity contribution in [2.75, 3.05) is 26.2 Å². The standard InChI is InChI=1S/C22H24ClN3O/c1-15-3-4-16(2)18(11-15)14-25-7-9-26(10-8-25)22(27)19-12-17-5-6-24-21(17)13-20(19)23/h3-6,11-13,24H,7-10,14H2,1-2H3. The van der Waals surface area contributed by atoms with Crippen molar-refractivity contribution in [1.29, 1.82) is 0 Å². The minimum atomic E-state index is 0.0227. The highest BCUT2D eigenvalue weighted by atomic mass is 35.5. The zero-order valence-electron chi connectivity index (χ0n) is 15.8. The molecule has 27 heavy (non-hydrogen) atoms. The second-order valence-electron chi connectivity index (χ2n) is 7.40. The van der Waals surface area contributed by atoms with E-state index >= 15 is 0 Å². The molecule has 2 aromatic carbocycles. The Kier molecular flexibility index (Phi) is 4.94. The van der Waals surface area contributed by atoms with Crippen molar-refractivity contribution < 1.29 is 4.79 Å². The summed E-state index contributed by atoms with van der Waals surface area (Å²) in [7, 11) is 0. The van der Waals surface area contributed by atoms with Gasteiger partial charge in [0.2, 0.25) is 0 Å². The van der Waals surface area contributed by atoms with Gasteiger partial charge < -0.3 is 9.88 Å². The Balaban J connectivity index is 1.43. The van der Waals surface area contributed by atoms with Crippen molar-refractivity contribution >= 4 is 28.4 Å². The quantitative estimate of drug-likeness (QED) is 0.730. The predicted molar refractivity (Wildman–Crippen MR) is 110 cm³/mol. The minimum absolute atomic E-state index is 0.0227. The van der Waals surface area contributed by atoms with E-state index in [0.717, 1.165) is 43.6 Å². The number of benzene rings is 2. The van der Waals surface area contributed by atoms with Gasteiger partial charge in [-0.1, -0.05) is 35.4 Å². The van der Waals surface area contributed by atoms with E-state index in [1.807, 2.05) is 29.3 Å². The molecule has 4 nitrogen and oxygen atoms in total. The number of aromatic nitrogens is 1. The third kappa shape index (κ3) is 3.73. The molecule has 1 aliphatic heterocycles. The second kappa shape index (κ2) is 7.37. The van der Waals surface area contributed by atoms with Crippen molar-refractivity contribution in [1.82, 2.24) is 14.8 Å². The lowest BCUT2D eigenvalue weighted by Gasteiger charge is -2.35. The van der Waals surface area contributed by atoms with Gasteiger partial charge >= 0.3 is 0 Å². The molecule has 3 aromatic rings. The molecule has 1 saturated heterocycles. The number of hydrogen-bond donors (Lipinski definition) is 1. The lowest BCUT2D eigenvalue weighted by molar-refractivity contribution is 0.0628. The Hall–Kier alpha value is -2.30. The van der Waals surface area contributed by atoms with Crippen LogP contribution in [0.4, 0.5) is 0 Å². The van der Waals surface area contributed by atoms with Crippen molar-refractivity contribution in [3.63, 3.8) is 0 Å². The molecule has 0 spiro atoms. The van der Waals surface area contributed by atoms with Crippen molar-refractivity contribution in [2.45, 2.75) is 20.4 Å². The summed E-state index contributed by atoms with van der Waals surface area (Å²) in [5, 5.41) is 1.52. The summed E-state index contributed by atoms with van der Waals surface area (Å²) in [5.41, 5.74) is 5.53. The molecule has 0 atom stereocenters. The smallest absolute Gasteiger partial charge is 0.255 e. The second-order valence-corrected chi connectivity index (χ2v) is 7.80. The number of carbonyl (C=O) groups excluding carboxylic acids is 1. The lowest BCUT2D eigenvalue weighted by Crippen LogP contribution is -2.48. The highest BCUT2D eigenvalue weighted by molar-refractivity contribution is 6.34. The normalized spacial score (nSPS) is 15.4. The molecule has 0 aliphatic carbocycles. The molecule has 0 radical (unpaired) electrons. The topological polar surface area (TPSA) is 39.3 Å². The molecule has 2 heterocycles. The van der Waals surface area contributed by atoms with Crippen LogP contribution in [-0.4, -0.2) is 46.9 Å². The van der Waals surface area contributed by atoms with Gasteiger partial charge in [0.05, 0.1) is 10.6 Å². The third-order valence-electron chi connectivity index (χ3n) is 5.43. The van der Waals surface area contributed by atoms with Crippen LogP contribution in [0, 0.1) is 13.8 Å².